The molecule has 3 heterocycles. The Labute approximate surface area is 132 Å². The molecule has 23 heavy (non-hydrogen) atoms. The van der Waals surface area contributed by atoms with Crippen LogP contribution in [-0.4, -0.2) is 27.1 Å². The van der Waals surface area contributed by atoms with Gasteiger partial charge in [-0.25, -0.2) is 4.39 Å². The second kappa shape index (κ2) is 5.22. The predicted octanol–water partition coefficient (Wildman–Crippen LogP) is 3.28. The number of amides is 1. The number of fused-ring (bicyclic) bond motifs is 1. The van der Waals surface area contributed by atoms with Gasteiger partial charge in [0.15, 0.2) is 0 Å². The number of halogens is 1. The standard InChI is InChI=1S/C17H16FN3O2/c1-20-10-12(9-19-20)15-3-2-5-21(15)17(22)14-8-13(18)7-11-4-6-23-16(11)14/h4,6-10,15H,2-3,5H2,1H3. The third-order valence-electron chi connectivity index (χ3n) is 4.37. The van der Waals surface area contributed by atoms with Crippen molar-refractivity contribution in [2.45, 2.75) is 18.9 Å². The smallest absolute Gasteiger partial charge is 0.258 e. The van der Waals surface area contributed by atoms with E-state index in [9.17, 15) is 9.18 Å². The molecule has 4 rings (SSSR count). The predicted molar refractivity (Wildman–Crippen MR) is 82.4 cm³/mol. The summed E-state index contributed by atoms with van der Waals surface area (Å²) >= 11 is 0. The zero-order valence-corrected chi connectivity index (χ0v) is 12.7. The highest BCUT2D eigenvalue weighted by atomic mass is 19.1. The Hall–Kier alpha value is -2.63. The number of aromatic nitrogens is 2. The van der Waals surface area contributed by atoms with Crippen LogP contribution in [0.2, 0.25) is 0 Å². The van der Waals surface area contributed by atoms with Gasteiger partial charge in [-0.05, 0) is 31.0 Å². The van der Waals surface area contributed by atoms with E-state index in [4.69, 9.17) is 4.42 Å². The Balaban J connectivity index is 1.73. The molecule has 0 bridgehead atoms. The van der Waals surface area contributed by atoms with Crippen LogP contribution < -0.4 is 0 Å². The van der Waals surface area contributed by atoms with Crippen molar-refractivity contribution in [3.05, 3.63) is 53.8 Å². The van der Waals surface area contributed by atoms with Gasteiger partial charge in [-0.3, -0.25) is 9.48 Å². The number of benzene rings is 1. The van der Waals surface area contributed by atoms with Crippen molar-refractivity contribution >= 4 is 16.9 Å². The molecule has 0 radical (unpaired) electrons. The lowest BCUT2D eigenvalue weighted by Gasteiger charge is -2.24. The number of furan rings is 1. The van der Waals surface area contributed by atoms with Crippen LogP contribution in [0.15, 0.2) is 41.3 Å². The minimum absolute atomic E-state index is 0.0236. The van der Waals surface area contributed by atoms with Crippen LogP contribution in [-0.2, 0) is 7.05 Å². The fourth-order valence-corrected chi connectivity index (χ4v) is 3.33. The fraction of sp³-hybridized carbons (Fsp3) is 0.294. The molecule has 1 unspecified atom stereocenters. The Bertz CT molecular complexity index is 883. The molecule has 0 N–H and O–H groups in total. The van der Waals surface area contributed by atoms with Gasteiger partial charge < -0.3 is 9.32 Å². The van der Waals surface area contributed by atoms with E-state index in [1.807, 2.05) is 13.2 Å². The quantitative estimate of drug-likeness (QED) is 0.729. The highest BCUT2D eigenvalue weighted by Gasteiger charge is 2.32. The lowest BCUT2D eigenvalue weighted by atomic mass is 10.1. The summed E-state index contributed by atoms with van der Waals surface area (Å²) in [7, 11) is 1.85. The number of rotatable bonds is 2. The van der Waals surface area contributed by atoms with Crippen LogP contribution in [0.1, 0.15) is 34.8 Å². The van der Waals surface area contributed by atoms with Crippen LogP contribution in [0.4, 0.5) is 4.39 Å². The van der Waals surface area contributed by atoms with Gasteiger partial charge in [-0.15, -0.1) is 0 Å². The molecule has 0 spiro atoms. The molecule has 0 saturated carbocycles. The van der Waals surface area contributed by atoms with Gasteiger partial charge in [0, 0.05) is 30.7 Å². The van der Waals surface area contributed by atoms with E-state index >= 15 is 0 Å². The molecule has 1 aromatic carbocycles. The summed E-state index contributed by atoms with van der Waals surface area (Å²) in [5.74, 6) is -0.629. The van der Waals surface area contributed by atoms with E-state index in [1.54, 1.807) is 21.8 Å². The van der Waals surface area contributed by atoms with E-state index in [2.05, 4.69) is 5.10 Å². The van der Waals surface area contributed by atoms with Crippen LogP contribution >= 0.6 is 0 Å². The lowest BCUT2D eigenvalue weighted by Crippen LogP contribution is -2.30. The molecule has 5 nitrogen and oxygen atoms in total. The Morgan fingerprint density at radius 2 is 2.30 bits per heavy atom. The van der Waals surface area contributed by atoms with Gasteiger partial charge in [0.1, 0.15) is 11.4 Å². The maximum atomic E-state index is 13.8. The van der Waals surface area contributed by atoms with E-state index in [0.717, 1.165) is 18.4 Å². The second-order valence-electron chi connectivity index (χ2n) is 5.90. The average molecular weight is 313 g/mol. The van der Waals surface area contributed by atoms with Crippen molar-refractivity contribution in [1.29, 1.82) is 0 Å². The molecule has 1 fully saturated rings. The van der Waals surface area contributed by atoms with Crippen molar-refractivity contribution in [3.8, 4) is 0 Å². The Morgan fingerprint density at radius 1 is 1.43 bits per heavy atom. The summed E-state index contributed by atoms with van der Waals surface area (Å²) in [5.41, 5.74) is 1.72. The number of likely N-dealkylation sites (tertiary alicyclic amines) is 1. The second-order valence-corrected chi connectivity index (χ2v) is 5.90. The number of hydrogen-bond donors (Lipinski definition) is 0. The third kappa shape index (κ3) is 2.30. The summed E-state index contributed by atoms with van der Waals surface area (Å²) < 4.78 is 20.9. The van der Waals surface area contributed by atoms with Crippen molar-refractivity contribution in [1.82, 2.24) is 14.7 Å². The lowest BCUT2D eigenvalue weighted by molar-refractivity contribution is 0.0736. The summed E-state index contributed by atoms with van der Waals surface area (Å²) in [6.45, 7) is 0.650. The van der Waals surface area contributed by atoms with Gasteiger partial charge >= 0.3 is 0 Å². The van der Waals surface area contributed by atoms with Gasteiger partial charge in [0.2, 0.25) is 0 Å². The topological polar surface area (TPSA) is 51.3 Å². The molecular formula is C17H16FN3O2. The molecular weight excluding hydrogens is 297 g/mol. The van der Waals surface area contributed by atoms with E-state index in [1.165, 1.54) is 18.4 Å². The average Bonchev–Trinajstić information content (AvgIpc) is 3.24. The van der Waals surface area contributed by atoms with Crippen LogP contribution in [0.25, 0.3) is 11.0 Å². The zero-order valence-electron chi connectivity index (χ0n) is 12.7. The molecule has 1 amide bonds. The number of carbonyl (C=O) groups is 1. The van der Waals surface area contributed by atoms with E-state index in [-0.39, 0.29) is 17.5 Å². The fourth-order valence-electron chi connectivity index (χ4n) is 3.33. The van der Waals surface area contributed by atoms with Crippen molar-refractivity contribution in [2.75, 3.05) is 6.54 Å². The maximum absolute atomic E-state index is 13.8. The SMILES string of the molecule is Cn1cc(C2CCCN2C(=O)c2cc(F)cc3ccoc23)cn1. The van der Waals surface area contributed by atoms with Crippen molar-refractivity contribution < 1.29 is 13.6 Å². The van der Waals surface area contributed by atoms with Crippen molar-refractivity contribution in [3.63, 3.8) is 0 Å². The highest BCUT2D eigenvalue weighted by molar-refractivity contribution is 6.05. The largest absolute Gasteiger partial charge is 0.464 e. The van der Waals surface area contributed by atoms with Gasteiger partial charge in [-0.1, -0.05) is 0 Å². The van der Waals surface area contributed by atoms with Crippen LogP contribution in [0.3, 0.4) is 0 Å². The normalized spacial score (nSPS) is 18.0. The highest BCUT2D eigenvalue weighted by Crippen LogP contribution is 2.34. The third-order valence-corrected chi connectivity index (χ3v) is 4.37. The van der Waals surface area contributed by atoms with Gasteiger partial charge in [0.05, 0.1) is 24.1 Å². The minimum atomic E-state index is -0.431. The number of aryl methyl sites for hydroxylation is 1. The monoisotopic (exact) mass is 313 g/mol. The summed E-state index contributed by atoms with van der Waals surface area (Å²) in [6, 6.07) is 4.27. The van der Waals surface area contributed by atoms with Crippen molar-refractivity contribution in [2.24, 2.45) is 7.05 Å². The summed E-state index contributed by atoms with van der Waals surface area (Å²) in [4.78, 5) is 14.8. The number of hydrogen-bond acceptors (Lipinski definition) is 3. The summed E-state index contributed by atoms with van der Waals surface area (Å²) in [5, 5.41) is 4.79. The molecule has 1 saturated heterocycles. The maximum Gasteiger partial charge on any atom is 0.258 e. The molecule has 118 valence electrons. The molecule has 0 aliphatic carbocycles. The first kappa shape index (κ1) is 14.0. The van der Waals surface area contributed by atoms with E-state index in [0.29, 0.717) is 17.5 Å². The van der Waals surface area contributed by atoms with Gasteiger partial charge in [0.25, 0.3) is 5.91 Å². The van der Waals surface area contributed by atoms with E-state index < -0.39 is 5.82 Å². The number of nitrogens with zero attached hydrogens (tertiary/aromatic N) is 3. The molecule has 1 aliphatic rings. The zero-order chi connectivity index (χ0) is 16.0. The van der Waals surface area contributed by atoms with Crippen LogP contribution in [0, 0.1) is 5.82 Å². The Kier molecular flexibility index (Phi) is 3.18. The first-order chi connectivity index (χ1) is 11.1. The molecule has 1 atom stereocenters. The Morgan fingerprint density at radius 3 is 3.09 bits per heavy atom. The summed E-state index contributed by atoms with van der Waals surface area (Å²) in [6.07, 6.45) is 6.98. The van der Waals surface area contributed by atoms with Gasteiger partial charge in [-0.2, -0.15) is 5.10 Å². The molecule has 1 aliphatic heterocycles. The van der Waals surface area contributed by atoms with Crippen LogP contribution in [0.5, 0.6) is 0 Å². The minimum Gasteiger partial charge on any atom is -0.464 e. The first-order valence-electron chi connectivity index (χ1n) is 7.60. The number of carbonyl (C=O) groups excluding carboxylic acids is 1. The molecule has 6 heteroatoms. The first-order valence-corrected chi connectivity index (χ1v) is 7.60. The molecule has 3 aromatic rings. The molecule has 2 aromatic heterocycles.